The van der Waals surface area contributed by atoms with Gasteiger partial charge in [-0.05, 0) is 44.6 Å². The van der Waals surface area contributed by atoms with E-state index < -0.39 is 0 Å². The van der Waals surface area contributed by atoms with Crippen molar-refractivity contribution in [1.29, 1.82) is 0 Å². The molecule has 1 heterocycles. The zero-order valence-corrected chi connectivity index (χ0v) is 12.8. The topological polar surface area (TPSA) is 21.3 Å². The van der Waals surface area contributed by atoms with E-state index in [4.69, 9.17) is 4.74 Å². The Bertz CT molecular complexity index is 273. The molecule has 2 nitrogen and oxygen atoms in total. The van der Waals surface area contributed by atoms with Crippen LogP contribution in [0, 0.1) is 5.92 Å². The predicted molar refractivity (Wildman–Crippen MR) is 81.4 cm³/mol. The molecule has 0 aromatic carbocycles. The summed E-state index contributed by atoms with van der Waals surface area (Å²) in [4.78, 5) is 0. The van der Waals surface area contributed by atoms with Crippen molar-refractivity contribution >= 4 is 0 Å². The summed E-state index contributed by atoms with van der Waals surface area (Å²) in [6.07, 6.45) is 15.2. The molecule has 1 atom stereocenters. The van der Waals surface area contributed by atoms with Crippen LogP contribution in [-0.2, 0) is 4.74 Å². The third-order valence-corrected chi connectivity index (χ3v) is 4.57. The highest BCUT2D eigenvalue weighted by molar-refractivity contribution is 4.97. The first kappa shape index (κ1) is 15.1. The van der Waals surface area contributed by atoms with Gasteiger partial charge in [0.05, 0.1) is 5.60 Å². The largest absolute Gasteiger partial charge is 0.375 e. The highest BCUT2D eigenvalue weighted by Crippen LogP contribution is 2.40. The van der Waals surface area contributed by atoms with Crippen molar-refractivity contribution < 1.29 is 4.74 Å². The highest BCUT2D eigenvalue weighted by atomic mass is 16.5. The molecular weight excluding hydrogens is 234 g/mol. The number of rotatable bonds is 5. The maximum absolute atomic E-state index is 6.15. The third kappa shape index (κ3) is 4.92. The van der Waals surface area contributed by atoms with Gasteiger partial charge >= 0.3 is 0 Å². The van der Waals surface area contributed by atoms with Gasteiger partial charge in [-0.15, -0.1) is 0 Å². The maximum atomic E-state index is 6.15. The maximum Gasteiger partial charge on any atom is 0.0688 e. The fraction of sp³-hybridized carbons (Fsp3) is 0.882. The van der Waals surface area contributed by atoms with Crippen LogP contribution in [0.5, 0.6) is 0 Å². The molecule has 1 aliphatic carbocycles. The second-order valence-electron chi connectivity index (χ2n) is 6.67. The lowest BCUT2D eigenvalue weighted by Crippen LogP contribution is -2.41. The van der Waals surface area contributed by atoms with Crippen molar-refractivity contribution in [3.05, 3.63) is 12.2 Å². The standard InChI is InChI=1S/C17H31NO/c1-15(2)18-12-7-4-8-16-9-13-19-17(14-16)10-5-3-6-11-17/h4,8,15-16,18H,3,5-7,9-14H2,1-2H3. The number of hydrogen-bond donors (Lipinski definition) is 1. The molecule has 0 radical (unpaired) electrons. The Morgan fingerprint density at radius 3 is 2.79 bits per heavy atom. The van der Waals surface area contributed by atoms with E-state index in [-0.39, 0.29) is 5.60 Å². The lowest BCUT2D eigenvalue weighted by Gasteiger charge is -2.43. The van der Waals surface area contributed by atoms with Crippen molar-refractivity contribution in [2.45, 2.75) is 76.9 Å². The molecule has 2 heteroatoms. The molecule has 0 bridgehead atoms. The lowest BCUT2D eigenvalue weighted by molar-refractivity contribution is -0.111. The van der Waals surface area contributed by atoms with Gasteiger partial charge in [0.2, 0.25) is 0 Å². The van der Waals surface area contributed by atoms with Crippen molar-refractivity contribution in [2.24, 2.45) is 5.92 Å². The van der Waals surface area contributed by atoms with E-state index in [0.717, 1.165) is 25.5 Å². The van der Waals surface area contributed by atoms with Gasteiger partial charge in [0.25, 0.3) is 0 Å². The summed E-state index contributed by atoms with van der Waals surface area (Å²) in [6, 6.07) is 0.599. The van der Waals surface area contributed by atoms with Crippen LogP contribution in [0.25, 0.3) is 0 Å². The number of hydrogen-bond acceptors (Lipinski definition) is 2. The monoisotopic (exact) mass is 265 g/mol. The lowest BCUT2D eigenvalue weighted by atomic mass is 9.76. The molecule has 1 aliphatic heterocycles. The SMILES string of the molecule is CC(C)NCCC=CC1CCOC2(CCCCC2)C1. The summed E-state index contributed by atoms with van der Waals surface area (Å²) in [7, 11) is 0. The van der Waals surface area contributed by atoms with Gasteiger partial charge in [-0.2, -0.15) is 0 Å². The Hall–Kier alpha value is -0.340. The quantitative estimate of drug-likeness (QED) is 0.598. The number of allylic oxidation sites excluding steroid dienone is 1. The van der Waals surface area contributed by atoms with Gasteiger partial charge in [0, 0.05) is 12.6 Å². The van der Waals surface area contributed by atoms with Gasteiger partial charge in [-0.25, -0.2) is 0 Å². The van der Waals surface area contributed by atoms with Gasteiger partial charge in [-0.1, -0.05) is 45.3 Å². The van der Waals surface area contributed by atoms with Crippen LogP contribution < -0.4 is 5.32 Å². The average molecular weight is 265 g/mol. The molecule has 1 unspecified atom stereocenters. The van der Waals surface area contributed by atoms with Crippen LogP contribution in [0.2, 0.25) is 0 Å². The van der Waals surface area contributed by atoms with Crippen LogP contribution in [-0.4, -0.2) is 24.8 Å². The molecular formula is C17H31NO. The van der Waals surface area contributed by atoms with E-state index in [9.17, 15) is 0 Å². The van der Waals surface area contributed by atoms with Crippen molar-refractivity contribution in [2.75, 3.05) is 13.2 Å². The zero-order valence-electron chi connectivity index (χ0n) is 12.8. The highest BCUT2D eigenvalue weighted by Gasteiger charge is 2.37. The minimum Gasteiger partial charge on any atom is -0.375 e. The Kier molecular flexibility index (Phi) is 5.90. The zero-order chi connectivity index (χ0) is 13.6. The smallest absolute Gasteiger partial charge is 0.0688 e. The summed E-state index contributed by atoms with van der Waals surface area (Å²) < 4.78 is 6.15. The normalized spacial score (nSPS) is 27.4. The summed E-state index contributed by atoms with van der Waals surface area (Å²) in [5.74, 6) is 0.755. The fourth-order valence-electron chi connectivity index (χ4n) is 3.52. The Morgan fingerprint density at radius 2 is 2.05 bits per heavy atom. The molecule has 0 aromatic rings. The van der Waals surface area contributed by atoms with E-state index in [1.54, 1.807) is 0 Å². The van der Waals surface area contributed by atoms with E-state index >= 15 is 0 Å². The van der Waals surface area contributed by atoms with E-state index in [0.29, 0.717) is 6.04 Å². The van der Waals surface area contributed by atoms with Crippen LogP contribution in [0.4, 0.5) is 0 Å². The number of nitrogens with one attached hydrogen (secondary N) is 1. The number of ether oxygens (including phenoxy) is 1. The Labute approximate surface area is 119 Å². The predicted octanol–water partition coefficient (Wildman–Crippen LogP) is 4.06. The molecule has 1 saturated carbocycles. The van der Waals surface area contributed by atoms with Gasteiger partial charge in [0.1, 0.15) is 0 Å². The minimum absolute atomic E-state index is 0.252. The van der Waals surface area contributed by atoms with Crippen molar-refractivity contribution in [3.63, 3.8) is 0 Å². The molecule has 110 valence electrons. The molecule has 0 aromatic heterocycles. The first-order chi connectivity index (χ1) is 9.20. The van der Waals surface area contributed by atoms with Crippen LogP contribution in [0.1, 0.15) is 65.2 Å². The first-order valence-corrected chi connectivity index (χ1v) is 8.24. The summed E-state index contributed by atoms with van der Waals surface area (Å²) >= 11 is 0. The average Bonchev–Trinajstić information content (AvgIpc) is 2.39. The molecule has 0 amide bonds. The summed E-state index contributed by atoms with van der Waals surface area (Å²) in [5.41, 5.74) is 0.252. The molecule has 1 spiro atoms. The summed E-state index contributed by atoms with van der Waals surface area (Å²) in [6.45, 7) is 6.48. The second-order valence-corrected chi connectivity index (χ2v) is 6.67. The van der Waals surface area contributed by atoms with Crippen LogP contribution >= 0.6 is 0 Å². The van der Waals surface area contributed by atoms with Gasteiger partial charge in [-0.3, -0.25) is 0 Å². The van der Waals surface area contributed by atoms with Crippen LogP contribution in [0.3, 0.4) is 0 Å². The minimum atomic E-state index is 0.252. The molecule has 2 aliphatic rings. The van der Waals surface area contributed by atoms with E-state index in [1.807, 2.05) is 0 Å². The van der Waals surface area contributed by atoms with Crippen LogP contribution in [0.15, 0.2) is 12.2 Å². The molecule has 2 rings (SSSR count). The summed E-state index contributed by atoms with van der Waals surface area (Å²) in [5, 5.41) is 3.46. The van der Waals surface area contributed by atoms with Crippen molar-refractivity contribution in [1.82, 2.24) is 5.32 Å². The Balaban J connectivity index is 1.73. The molecule has 19 heavy (non-hydrogen) atoms. The molecule has 2 fully saturated rings. The van der Waals surface area contributed by atoms with Crippen molar-refractivity contribution in [3.8, 4) is 0 Å². The first-order valence-electron chi connectivity index (χ1n) is 8.24. The fourth-order valence-corrected chi connectivity index (χ4v) is 3.52. The second kappa shape index (κ2) is 7.44. The van der Waals surface area contributed by atoms with Gasteiger partial charge in [0.15, 0.2) is 0 Å². The van der Waals surface area contributed by atoms with E-state index in [1.165, 1.54) is 44.9 Å². The van der Waals surface area contributed by atoms with Gasteiger partial charge < -0.3 is 10.1 Å². The molecule has 1 saturated heterocycles. The third-order valence-electron chi connectivity index (χ3n) is 4.57. The van der Waals surface area contributed by atoms with E-state index in [2.05, 4.69) is 31.3 Å². The molecule has 1 N–H and O–H groups in total. The Morgan fingerprint density at radius 1 is 1.26 bits per heavy atom.